The molecule has 0 radical (unpaired) electrons. The van der Waals surface area contributed by atoms with E-state index in [0.29, 0.717) is 5.82 Å². The highest BCUT2D eigenvalue weighted by Gasteiger charge is 2.23. The third-order valence-electron chi connectivity index (χ3n) is 2.89. The molecule has 0 saturated carbocycles. The second-order valence-corrected chi connectivity index (χ2v) is 4.05. The SMILES string of the molecule is CNc1nn(-c2ccccc2C)c(N)c1C(=O)OC. The fourth-order valence-electron chi connectivity index (χ4n) is 1.89. The van der Waals surface area contributed by atoms with E-state index in [1.54, 1.807) is 7.05 Å². The minimum Gasteiger partial charge on any atom is -0.465 e. The van der Waals surface area contributed by atoms with Crippen molar-refractivity contribution < 1.29 is 9.53 Å². The number of methoxy groups -OCH3 is 1. The van der Waals surface area contributed by atoms with Crippen molar-refractivity contribution in [3.63, 3.8) is 0 Å². The Morgan fingerprint density at radius 3 is 2.68 bits per heavy atom. The number of carbonyl (C=O) groups excluding carboxylic acids is 1. The zero-order chi connectivity index (χ0) is 14.0. The summed E-state index contributed by atoms with van der Waals surface area (Å²) in [4.78, 5) is 11.7. The van der Waals surface area contributed by atoms with Gasteiger partial charge in [0.2, 0.25) is 0 Å². The number of hydrogen-bond acceptors (Lipinski definition) is 5. The Morgan fingerprint density at radius 2 is 2.11 bits per heavy atom. The van der Waals surface area contributed by atoms with Crippen LogP contribution in [-0.2, 0) is 4.74 Å². The van der Waals surface area contributed by atoms with E-state index >= 15 is 0 Å². The summed E-state index contributed by atoms with van der Waals surface area (Å²) in [6.45, 7) is 1.95. The number of nitrogens with one attached hydrogen (secondary N) is 1. The molecule has 2 rings (SSSR count). The Morgan fingerprint density at radius 1 is 1.42 bits per heavy atom. The van der Waals surface area contributed by atoms with E-state index in [9.17, 15) is 4.79 Å². The van der Waals surface area contributed by atoms with Gasteiger partial charge in [-0.15, -0.1) is 5.10 Å². The van der Waals surface area contributed by atoms with Crippen molar-refractivity contribution in [3.05, 3.63) is 35.4 Å². The van der Waals surface area contributed by atoms with Gasteiger partial charge in [-0.1, -0.05) is 18.2 Å². The van der Waals surface area contributed by atoms with E-state index in [2.05, 4.69) is 10.4 Å². The first-order valence-corrected chi connectivity index (χ1v) is 5.80. The van der Waals surface area contributed by atoms with Crippen molar-refractivity contribution in [2.75, 3.05) is 25.2 Å². The van der Waals surface area contributed by atoms with Gasteiger partial charge in [-0.25, -0.2) is 9.48 Å². The summed E-state index contributed by atoms with van der Waals surface area (Å²) >= 11 is 0. The molecule has 0 bridgehead atoms. The molecule has 3 N–H and O–H groups in total. The van der Waals surface area contributed by atoms with E-state index in [-0.39, 0.29) is 11.4 Å². The van der Waals surface area contributed by atoms with Crippen LogP contribution < -0.4 is 11.1 Å². The minimum absolute atomic E-state index is 0.244. The Kier molecular flexibility index (Phi) is 3.41. The van der Waals surface area contributed by atoms with E-state index in [4.69, 9.17) is 10.5 Å². The molecule has 0 spiro atoms. The van der Waals surface area contributed by atoms with Crippen LogP contribution in [0, 0.1) is 6.92 Å². The number of para-hydroxylation sites is 1. The molecule has 0 aliphatic carbocycles. The maximum absolute atomic E-state index is 11.7. The van der Waals surface area contributed by atoms with Crippen molar-refractivity contribution in [1.82, 2.24) is 9.78 Å². The van der Waals surface area contributed by atoms with E-state index in [0.717, 1.165) is 11.3 Å². The molecule has 0 fully saturated rings. The predicted molar refractivity (Wildman–Crippen MR) is 73.6 cm³/mol. The molecule has 2 aromatic rings. The molecule has 0 unspecified atom stereocenters. The van der Waals surface area contributed by atoms with Gasteiger partial charge >= 0.3 is 5.97 Å². The first-order chi connectivity index (χ1) is 9.10. The van der Waals surface area contributed by atoms with Crippen LogP contribution in [0.25, 0.3) is 5.69 Å². The lowest BCUT2D eigenvalue weighted by Crippen LogP contribution is -2.08. The third-order valence-corrected chi connectivity index (χ3v) is 2.89. The van der Waals surface area contributed by atoms with Crippen LogP contribution in [0.4, 0.5) is 11.6 Å². The highest BCUT2D eigenvalue weighted by Crippen LogP contribution is 2.26. The van der Waals surface area contributed by atoms with Gasteiger partial charge in [0.05, 0.1) is 12.8 Å². The molecule has 100 valence electrons. The van der Waals surface area contributed by atoms with Crippen LogP contribution in [-0.4, -0.2) is 29.9 Å². The molecular formula is C13H16N4O2. The van der Waals surface area contributed by atoms with Crippen molar-refractivity contribution in [1.29, 1.82) is 0 Å². The van der Waals surface area contributed by atoms with Crippen molar-refractivity contribution in [2.45, 2.75) is 6.92 Å². The molecule has 0 atom stereocenters. The largest absolute Gasteiger partial charge is 0.465 e. The van der Waals surface area contributed by atoms with Crippen molar-refractivity contribution in [2.24, 2.45) is 0 Å². The topological polar surface area (TPSA) is 82.2 Å². The number of nitrogens with two attached hydrogens (primary N) is 1. The van der Waals surface area contributed by atoms with Gasteiger partial charge in [0, 0.05) is 7.05 Å². The number of aromatic nitrogens is 2. The molecule has 1 aromatic heterocycles. The fourth-order valence-corrected chi connectivity index (χ4v) is 1.89. The van der Waals surface area contributed by atoms with Gasteiger partial charge in [0.1, 0.15) is 11.4 Å². The normalized spacial score (nSPS) is 10.3. The first kappa shape index (κ1) is 12.9. The smallest absolute Gasteiger partial charge is 0.345 e. The summed E-state index contributed by atoms with van der Waals surface area (Å²) in [5, 5.41) is 7.16. The first-order valence-electron chi connectivity index (χ1n) is 5.80. The lowest BCUT2D eigenvalue weighted by atomic mass is 10.2. The van der Waals surface area contributed by atoms with Crippen LogP contribution in [0.2, 0.25) is 0 Å². The number of aryl methyl sites for hydroxylation is 1. The summed E-state index contributed by atoms with van der Waals surface area (Å²) in [5.74, 6) is 0.139. The molecule has 1 aromatic carbocycles. The number of ether oxygens (including phenoxy) is 1. The highest BCUT2D eigenvalue weighted by atomic mass is 16.5. The summed E-state index contributed by atoms with van der Waals surface area (Å²) < 4.78 is 6.26. The fraction of sp³-hybridized carbons (Fsp3) is 0.231. The second-order valence-electron chi connectivity index (χ2n) is 4.05. The Hall–Kier alpha value is -2.50. The summed E-state index contributed by atoms with van der Waals surface area (Å²) in [6, 6.07) is 7.66. The number of hydrogen-bond donors (Lipinski definition) is 2. The molecule has 1 heterocycles. The van der Waals surface area contributed by atoms with Crippen molar-refractivity contribution >= 4 is 17.6 Å². The molecule has 0 amide bonds. The second kappa shape index (κ2) is 5.01. The number of rotatable bonds is 3. The summed E-state index contributed by atoms with van der Waals surface area (Å²) in [5.41, 5.74) is 8.10. The molecule has 19 heavy (non-hydrogen) atoms. The number of nitrogen functional groups attached to an aromatic ring is 1. The van der Waals surface area contributed by atoms with Gasteiger partial charge < -0.3 is 15.8 Å². The van der Waals surface area contributed by atoms with E-state index in [1.807, 2.05) is 31.2 Å². The zero-order valence-electron chi connectivity index (χ0n) is 11.1. The van der Waals surface area contributed by atoms with Gasteiger partial charge in [0.15, 0.2) is 5.82 Å². The number of carbonyl (C=O) groups is 1. The van der Waals surface area contributed by atoms with Gasteiger partial charge in [-0.3, -0.25) is 0 Å². The number of anilines is 2. The Labute approximate surface area is 111 Å². The van der Waals surface area contributed by atoms with Crippen LogP contribution in [0.3, 0.4) is 0 Å². The Balaban J connectivity index is 2.64. The Bertz CT molecular complexity index is 619. The van der Waals surface area contributed by atoms with Crippen LogP contribution >= 0.6 is 0 Å². The maximum Gasteiger partial charge on any atom is 0.345 e. The molecule has 0 saturated heterocycles. The van der Waals surface area contributed by atoms with Crippen LogP contribution in [0.5, 0.6) is 0 Å². The lowest BCUT2D eigenvalue weighted by molar-refractivity contribution is 0.0603. The monoisotopic (exact) mass is 260 g/mol. The van der Waals surface area contributed by atoms with Crippen LogP contribution in [0.15, 0.2) is 24.3 Å². The molecular weight excluding hydrogens is 244 g/mol. The minimum atomic E-state index is -0.512. The predicted octanol–water partition coefficient (Wildman–Crippen LogP) is 1.59. The summed E-state index contributed by atoms with van der Waals surface area (Å²) in [7, 11) is 2.99. The lowest BCUT2D eigenvalue weighted by Gasteiger charge is -2.07. The molecule has 6 heteroatoms. The maximum atomic E-state index is 11.7. The number of benzene rings is 1. The van der Waals surface area contributed by atoms with Gasteiger partial charge in [-0.2, -0.15) is 0 Å². The van der Waals surface area contributed by atoms with Crippen LogP contribution in [0.1, 0.15) is 15.9 Å². The zero-order valence-corrected chi connectivity index (χ0v) is 11.1. The molecule has 6 nitrogen and oxygen atoms in total. The number of esters is 1. The van der Waals surface area contributed by atoms with Gasteiger partial charge in [0.25, 0.3) is 0 Å². The quantitative estimate of drug-likeness (QED) is 0.819. The summed E-state index contributed by atoms with van der Waals surface area (Å²) in [6.07, 6.45) is 0. The number of nitrogens with zero attached hydrogens (tertiary/aromatic N) is 2. The standard InChI is InChI=1S/C13H16N4O2/c1-8-6-4-5-7-9(8)17-11(14)10(13(18)19-3)12(15-2)16-17/h4-7H,14H2,1-3H3,(H,15,16). The van der Waals surface area contributed by atoms with Crippen molar-refractivity contribution in [3.8, 4) is 5.69 Å². The molecule has 0 aliphatic rings. The average molecular weight is 260 g/mol. The van der Waals surface area contributed by atoms with E-state index in [1.165, 1.54) is 11.8 Å². The third kappa shape index (κ3) is 2.12. The van der Waals surface area contributed by atoms with Gasteiger partial charge in [-0.05, 0) is 18.6 Å². The molecule has 0 aliphatic heterocycles. The average Bonchev–Trinajstić information content (AvgIpc) is 2.75. The van der Waals surface area contributed by atoms with E-state index < -0.39 is 5.97 Å². The highest BCUT2D eigenvalue weighted by molar-refractivity contribution is 5.99.